The number of nitro benzene ring substituents is 1. The zero-order valence-corrected chi connectivity index (χ0v) is 13.1. The predicted molar refractivity (Wildman–Crippen MR) is 86.3 cm³/mol. The molecule has 122 valence electrons. The Balaban J connectivity index is 1.87. The highest BCUT2D eigenvalue weighted by molar-refractivity contribution is 5.70. The molecule has 0 unspecified atom stereocenters. The highest BCUT2D eigenvalue weighted by atomic mass is 16.6. The molecule has 1 saturated carbocycles. The van der Waals surface area contributed by atoms with Crippen molar-refractivity contribution in [2.24, 2.45) is 0 Å². The normalized spacial score (nSPS) is 15.0. The number of nitrogens with one attached hydrogen (secondary N) is 1. The average molecular weight is 316 g/mol. The number of anilines is 1. The number of hydrogen-bond donors (Lipinski definition) is 1. The van der Waals surface area contributed by atoms with Crippen molar-refractivity contribution in [1.29, 1.82) is 0 Å². The quantitative estimate of drug-likeness (QED) is 0.640. The van der Waals surface area contributed by atoms with Crippen LogP contribution in [0.2, 0.25) is 0 Å². The predicted octanol–water partition coefficient (Wildman–Crippen LogP) is 3.95. The second-order valence-electron chi connectivity index (χ2n) is 5.88. The monoisotopic (exact) mass is 316 g/mol. The first-order chi connectivity index (χ1) is 11.2. The molecule has 0 spiro atoms. The smallest absolute Gasteiger partial charge is 0.293 e. The molecule has 0 amide bonds. The van der Waals surface area contributed by atoms with Gasteiger partial charge in [0.15, 0.2) is 5.82 Å². The van der Waals surface area contributed by atoms with Crippen LogP contribution >= 0.6 is 0 Å². The number of nitrogens with zero attached hydrogens (tertiary/aromatic N) is 3. The third-order valence-electron chi connectivity index (χ3n) is 4.10. The second kappa shape index (κ2) is 6.76. The maximum atomic E-state index is 11.4. The number of benzene rings is 1. The summed E-state index contributed by atoms with van der Waals surface area (Å²) in [5, 5.41) is 18.6. The highest BCUT2D eigenvalue weighted by Crippen LogP contribution is 2.32. The molecular weight excluding hydrogens is 296 g/mol. The second-order valence-corrected chi connectivity index (χ2v) is 5.88. The Hall–Kier alpha value is -2.44. The molecule has 3 rings (SSSR count). The summed E-state index contributed by atoms with van der Waals surface area (Å²) in [6, 6.07) is 5.34. The van der Waals surface area contributed by atoms with Crippen LogP contribution < -0.4 is 5.32 Å². The molecule has 23 heavy (non-hydrogen) atoms. The zero-order chi connectivity index (χ0) is 16.2. The van der Waals surface area contributed by atoms with E-state index in [4.69, 9.17) is 4.52 Å². The third-order valence-corrected chi connectivity index (χ3v) is 4.10. The van der Waals surface area contributed by atoms with Gasteiger partial charge in [0.25, 0.3) is 11.6 Å². The van der Waals surface area contributed by atoms with E-state index >= 15 is 0 Å². The largest absolute Gasteiger partial charge is 0.377 e. The minimum Gasteiger partial charge on any atom is -0.377 e. The Bertz CT molecular complexity index is 692. The van der Waals surface area contributed by atoms with Gasteiger partial charge in [-0.3, -0.25) is 10.1 Å². The molecule has 0 bridgehead atoms. The van der Waals surface area contributed by atoms with Crippen LogP contribution in [0.25, 0.3) is 11.5 Å². The minimum absolute atomic E-state index is 0.0460. The lowest BCUT2D eigenvalue weighted by atomic mass is 10.1. The summed E-state index contributed by atoms with van der Waals surface area (Å²) >= 11 is 0. The SMILES string of the molecule is CCCc1noc(-c2ccc(NC3CCCC3)c([N+](=O)[O-])c2)n1. The van der Waals surface area contributed by atoms with E-state index in [1.54, 1.807) is 12.1 Å². The molecule has 0 saturated heterocycles. The van der Waals surface area contributed by atoms with Crippen LogP contribution in [-0.4, -0.2) is 21.1 Å². The van der Waals surface area contributed by atoms with E-state index in [2.05, 4.69) is 15.5 Å². The van der Waals surface area contributed by atoms with Crippen LogP contribution in [0.4, 0.5) is 11.4 Å². The van der Waals surface area contributed by atoms with Gasteiger partial charge in [-0.05, 0) is 31.4 Å². The van der Waals surface area contributed by atoms with E-state index in [0.717, 1.165) is 25.7 Å². The van der Waals surface area contributed by atoms with Crippen molar-refractivity contribution >= 4 is 11.4 Å². The van der Waals surface area contributed by atoms with Gasteiger partial charge in [0.1, 0.15) is 5.69 Å². The van der Waals surface area contributed by atoms with Gasteiger partial charge in [-0.15, -0.1) is 0 Å². The van der Waals surface area contributed by atoms with E-state index in [9.17, 15) is 10.1 Å². The number of rotatable bonds is 6. The molecule has 1 aromatic heterocycles. The highest BCUT2D eigenvalue weighted by Gasteiger charge is 2.22. The molecule has 1 fully saturated rings. The number of nitro groups is 1. The van der Waals surface area contributed by atoms with Crippen LogP contribution in [0.15, 0.2) is 22.7 Å². The van der Waals surface area contributed by atoms with Crippen molar-refractivity contribution in [3.05, 3.63) is 34.1 Å². The molecule has 1 heterocycles. The van der Waals surface area contributed by atoms with Gasteiger partial charge in [0.05, 0.1) is 4.92 Å². The van der Waals surface area contributed by atoms with Crippen molar-refractivity contribution in [2.75, 3.05) is 5.32 Å². The molecule has 1 aliphatic rings. The van der Waals surface area contributed by atoms with Gasteiger partial charge in [-0.1, -0.05) is 24.9 Å². The van der Waals surface area contributed by atoms with Crippen molar-refractivity contribution in [3.8, 4) is 11.5 Å². The van der Waals surface area contributed by atoms with Crippen LogP contribution in [0.5, 0.6) is 0 Å². The molecule has 2 aromatic rings. The van der Waals surface area contributed by atoms with Crippen molar-refractivity contribution in [3.63, 3.8) is 0 Å². The summed E-state index contributed by atoms with van der Waals surface area (Å²) in [5.74, 6) is 0.947. The summed E-state index contributed by atoms with van der Waals surface area (Å²) in [4.78, 5) is 15.3. The molecule has 0 atom stereocenters. The maximum Gasteiger partial charge on any atom is 0.293 e. The molecule has 0 aliphatic heterocycles. The van der Waals surface area contributed by atoms with E-state index in [-0.39, 0.29) is 10.6 Å². The molecule has 0 radical (unpaired) electrons. The van der Waals surface area contributed by atoms with Gasteiger partial charge in [-0.25, -0.2) is 0 Å². The molecule has 1 aliphatic carbocycles. The Morgan fingerprint density at radius 3 is 2.87 bits per heavy atom. The van der Waals surface area contributed by atoms with Gasteiger partial charge in [0.2, 0.25) is 0 Å². The average Bonchev–Trinajstić information content (AvgIpc) is 3.20. The van der Waals surface area contributed by atoms with Crippen molar-refractivity contribution < 1.29 is 9.45 Å². The third kappa shape index (κ3) is 3.49. The zero-order valence-electron chi connectivity index (χ0n) is 13.1. The lowest BCUT2D eigenvalue weighted by Crippen LogP contribution is -2.15. The summed E-state index contributed by atoms with van der Waals surface area (Å²) in [6.07, 6.45) is 6.11. The van der Waals surface area contributed by atoms with Gasteiger partial charge >= 0.3 is 0 Å². The Morgan fingerprint density at radius 1 is 1.39 bits per heavy atom. The van der Waals surface area contributed by atoms with Crippen molar-refractivity contribution in [1.82, 2.24) is 10.1 Å². The standard InChI is InChI=1S/C16H20N4O3/c1-2-5-15-18-16(23-19-15)11-8-9-13(14(10-11)20(21)22)17-12-6-3-4-7-12/h8-10,12,17H,2-7H2,1H3. The summed E-state index contributed by atoms with van der Waals surface area (Å²) in [6.45, 7) is 2.03. The first-order valence-electron chi connectivity index (χ1n) is 8.05. The summed E-state index contributed by atoms with van der Waals surface area (Å²) in [5.41, 5.74) is 1.17. The van der Waals surface area contributed by atoms with Crippen LogP contribution in [0.1, 0.15) is 44.9 Å². The topological polar surface area (TPSA) is 94.1 Å². The molecule has 7 nitrogen and oxygen atoms in total. The van der Waals surface area contributed by atoms with E-state index in [1.165, 1.54) is 18.9 Å². The fourth-order valence-corrected chi connectivity index (χ4v) is 2.92. The molecule has 1 aromatic carbocycles. The lowest BCUT2D eigenvalue weighted by molar-refractivity contribution is -0.383. The number of aryl methyl sites for hydroxylation is 1. The first kappa shape index (κ1) is 15.5. The van der Waals surface area contributed by atoms with Crippen LogP contribution in [-0.2, 0) is 6.42 Å². The fourth-order valence-electron chi connectivity index (χ4n) is 2.92. The van der Waals surface area contributed by atoms with Crippen LogP contribution in [0, 0.1) is 10.1 Å². The number of hydrogen-bond acceptors (Lipinski definition) is 6. The van der Waals surface area contributed by atoms with Gasteiger partial charge in [0, 0.05) is 24.1 Å². The van der Waals surface area contributed by atoms with Gasteiger partial charge < -0.3 is 9.84 Å². The number of aromatic nitrogens is 2. The fraction of sp³-hybridized carbons (Fsp3) is 0.500. The molecule has 7 heteroatoms. The Morgan fingerprint density at radius 2 is 2.17 bits per heavy atom. The lowest BCUT2D eigenvalue weighted by Gasteiger charge is -2.13. The van der Waals surface area contributed by atoms with E-state index < -0.39 is 0 Å². The Labute approximate surface area is 134 Å². The van der Waals surface area contributed by atoms with Crippen molar-refractivity contribution in [2.45, 2.75) is 51.5 Å². The summed E-state index contributed by atoms with van der Waals surface area (Å²) in [7, 11) is 0. The molecular formula is C16H20N4O3. The Kier molecular flexibility index (Phi) is 4.55. The van der Waals surface area contributed by atoms with E-state index in [1.807, 2.05) is 6.92 Å². The van der Waals surface area contributed by atoms with Crippen LogP contribution in [0.3, 0.4) is 0 Å². The minimum atomic E-state index is -0.371. The maximum absolute atomic E-state index is 11.4. The molecule has 1 N–H and O–H groups in total. The summed E-state index contributed by atoms with van der Waals surface area (Å²) < 4.78 is 5.21. The first-order valence-corrected chi connectivity index (χ1v) is 8.05. The van der Waals surface area contributed by atoms with E-state index in [0.29, 0.717) is 29.0 Å². The van der Waals surface area contributed by atoms with Gasteiger partial charge in [-0.2, -0.15) is 4.98 Å².